The summed E-state index contributed by atoms with van der Waals surface area (Å²) in [6.07, 6.45) is 1.73. The number of imidazole rings is 1. The summed E-state index contributed by atoms with van der Waals surface area (Å²) in [5.41, 5.74) is 4.29. The summed E-state index contributed by atoms with van der Waals surface area (Å²) in [7, 11) is 0. The van der Waals surface area contributed by atoms with Crippen molar-refractivity contribution < 1.29 is 0 Å². The molecule has 0 aliphatic rings. The van der Waals surface area contributed by atoms with E-state index in [1.807, 2.05) is 32.0 Å². The summed E-state index contributed by atoms with van der Waals surface area (Å²) < 4.78 is 1.61. The normalized spacial score (nSPS) is 10.9. The molecule has 20 heavy (non-hydrogen) atoms. The highest BCUT2D eigenvalue weighted by atomic mass is 35.5. The van der Waals surface area contributed by atoms with Crippen molar-refractivity contribution in [3.63, 3.8) is 0 Å². The van der Waals surface area contributed by atoms with Crippen LogP contribution < -0.4 is 0 Å². The minimum absolute atomic E-state index is 0.269. The molecule has 2 aromatic heterocycles. The Bertz CT molecular complexity index is 823. The van der Waals surface area contributed by atoms with Crippen molar-refractivity contribution in [3.05, 3.63) is 57.6 Å². The van der Waals surface area contributed by atoms with Crippen LogP contribution in [-0.2, 0) is 0 Å². The van der Waals surface area contributed by atoms with Crippen LogP contribution >= 0.6 is 11.6 Å². The fourth-order valence-electron chi connectivity index (χ4n) is 2.19. The van der Waals surface area contributed by atoms with Crippen LogP contribution in [-0.4, -0.2) is 9.38 Å². The molecule has 100 valence electrons. The summed E-state index contributed by atoms with van der Waals surface area (Å²) in [6, 6.07) is 9.44. The van der Waals surface area contributed by atoms with Crippen molar-refractivity contribution >= 4 is 23.1 Å². The third-order valence-electron chi connectivity index (χ3n) is 3.44. The predicted octanol–water partition coefficient (Wildman–Crippen LogP) is 4.67. The molecule has 0 aliphatic heterocycles. The highest BCUT2D eigenvalue weighted by Crippen LogP contribution is 2.33. The molecule has 3 aromatic rings. The lowest BCUT2D eigenvalue weighted by Gasteiger charge is -2.02. The maximum atomic E-state index is 11.2. The van der Waals surface area contributed by atoms with Crippen LogP contribution in [0.25, 0.3) is 16.9 Å². The van der Waals surface area contributed by atoms with Gasteiger partial charge in [-0.15, -0.1) is 4.91 Å². The van der Waals surface area contributed by atoms with E-state index in [0.29, 0.717) is 16.4 Å². The highest BCUT2D eigenvalue weighted by molar-refractivity contribution is 6.33. The molecule has 0 saturated heterocycles. The number of nitrogens with zero attached hydrogens (tertiary/aromatic N) is 3. The molecule has 0 radical (unpaired) electrons. The summed E-state index contributed by atoms with van der Waals surface area (Å²) in [4.78, 5) is 15.6. The van der Waals surface area contributed by atoms with Crippen LogP contribution in [0.4, 0.5) is 5.82 Å². The van der Waals surface area contributed by atoms with Crippen molar-refractivity contribution in [2.24, 2.45) is 5.18 Å². The van der Waals surface area contributed by atoms with Crippen LogP contribution in [0.5, 0.6) is 0 Å². The van der Waals surface area contributed by atoms with Gasteiger partial charge in [-0.05, 0) is 48.4 Å². The number of rotatable bonds is 2. The Morgan fingerprint density at radius 3 is 2.70 bits per heavy atom. The SMILES string of the molecule is Cc1ccc(-c2nc3c(Cl)cccn3c2N=O)cc1C. The molecule has 0 unspecified atom stereocenters. The zero-order chi connectivity index (χ0) is 14.3. The van der Waals surface area contributed by atoms with Crippen LogP contribution in [0, 0.1) is 18.8 Å². The number of aryl methyl sites for hydroxylation is 2. The van der Waals surface area contributed by atoms with Gasteiger partial charge in [0, 0.05) is 11.8 Å². The zero-order valence-corrected chi connectivity index (χ0v) is 11.8. The number of fused-ring (bicyclic) bond motifs is 1. The molecule has 0 atom stereocenters. The van der Waals surface area contributed by atoms with Crippen molar-refractivity contribution in [2.45, 2.75) is 13.8 Å². The number of aromatic nitrogens is 2. The lowest BCUT2D eigenvalue weighted by atomic mass is 10.0. The molecule has 0 aliphatic carbocycles. The van der Waals surface area contributed by atoms with E-state index in [0.717, 1.165) is 11.1 Å². The minimum atomic E-state index is 0.269. The standard InChI is InChI=1S/C15H12ClN3O/c1-9-5-6-11(8-10(9)2)13-15(18-20)19-7-3-4-12(16)14(19)17-13/h3-8H,1-2H3. The van der Waals surface area contributed by atoms with Crippen molar-refractivity contribution in [3.8, 4) is 11.3 Å². The predicted molar refractivity (Wildman–Crippen MR) is 80.6 cm³/mol. The first-order valence-electron chi connectivity index (χ1n) is 6.19. The molecule has 5 heteroatoms. The second-order valence-corrected chi connectivity index (χ2v) is 5.13. The first-order valence-corrected chi connectivity index (χ1v) is 6.57. The Morgan fingerprint density at radius 2 is 2.00 bits per heavy atom. The molecule has 0 N–H and O–H groups in total. The molecule has 0 fully saturated rings. The van der Waals surface area contributed by atoms with Gasteiger partial charge in [-0.25, -0.2) is 4.98 Å². The monoisotopic (exact) mass is 285 g/mol. The fourth-order valence-corrected chi connectivity index (χ4v) is 2.40. The van der Waals surface area contributed by atoms with E-state index in [4.69, 9.17) is 11.6 Å². The quantitative estimate of drug-likeness (QED) is 0.642. The average molecular weight is 286 g/mol. The molecular formula is C15H12ClN3O. The van der Waals surface area contributed by atoms with Gasteiger partial charge in [-0.1, -0.05) is 23.7 Å². The maximum absolute atomic E-state index is 11.2. The molecule has 3 rings (SSSR count). The Kier molecular flexibility index (Phi) is 3.03. The number of pyridine rings is 1. The van der Waals surface area contributed by atoms with Gasteiger partial charge in [0.25, 0.3) is 0 Å². The number of hydrogen-bond acceptors (Lipinski definition) is 3. The fraction of sp³-hybridized carbons (Fsp3) is 0.133. The van der Waals surface area contributed by atoms with Crippen LogP contribution in [0.3, 0.4) is 0 Å². The second-order valence-electron chi connectivity index (χ2n) is 4.72. The molecule has 4 nitrogen and oxygen atoms in total. The smallest absolute Gasteiger partial charge is 0.209 e. The van der Waals surface area contributed by atoms with E-state index >= 15 is 0 Å². The van der Waals surface area contributed by atoms with Crippen LogP contribution in [0.2, 0.25) is 5.02 Å². The van der Waals surface area contributed by atoms with E-state index in [2.05, 4.69) is 10.2 Å². The molecule has 0 spiro atoms. The van der Waals surface area contributed by atoms with Crippen molar-refractivity contribution in [1.82, 2.24) is 9.38 Å². The van der Waals surface area contributed by atoms with E-state index < -0.39 is 0 Å². The van der Waals surface area contributed by atoms with Gasteiger partial charge in [-0.2, -0.15) is 0 Å². The summed E-state index contributed by atoms with van der Waals surface area (Å²) in [5.74, 6) is 0.269. The molecular weight excluding hydrogens is 274 g/mol. The second kappa shape index (κ2) is 4.72. The van der Waals surface area contributed by atoms with Crippen LogP contribution in [0.1, 0.15) is 11.1 Å². The highest BCUT2D eigenvalue weighted by Gasteiger charge is 2.16. The van der Waals surface area contributed by atoms with E-state index in [1.165, 1.54) is 5.56 Å². The Labute approximate surface area is 121 Å². The maximum Gasteiger partial charge on any atom is 0.209 e. The number of benzene rings is 1. The van der Waals surface area contributed by atoms with Gasteiger partial charge in [0.15, 0.2) is 5.65 Å². The number of halogens is 1. The summed E-state index contributed by atoms with van der Waals surface area (Å²) >= 11 is 6.12. The Hall–Kier alpha value is -2.20. The van der Waals surface area contributed by atoms with E-state index in [-0.39, 0.29) is 5.82 Å². The molecule has 1 aromatic carbocycles. The number of hydrogen-bond donors (Lipinski definition) is 0. The Balaban J connectivity index is 2.33. The largest absolute Gasteiger partial charge is 0.280 e. The Morgan fingerprint density at radius 1 is 1.20 bits per heavy atom. The minimum Gasteiger partial charge on any atom is -0.280 e. The van der Waals surface area contributed by atoms with Crippen LogP contribution in [0.15, 0.2) is 41.7 Å². The average Bonchev–Trinajstić information content (AvgIpc) is 2.82. The molecule has 0 bridgehead atoms. The summed E-state index contributed by atoms with van der Waals surface area (Å²) in [6.45, 7) is 4.06. The first kappa shape index (κ1) is 12.8. The van der Waals surface area contributed by atoms with Gasteiger partial charge >= 0.3 is 0 Å². The lowest BCUT2D eigenvalue weighted by Crippen LogP contribution is -1.84. The lowest BCUT2D eigenvalue weighted by molar-refractivity contribution is 1.16. The van der Waals surface area contributed by atoms with E-state index in [1.54, 1.807) is 22.7 Å². The number of nitroso groups, excluding NO2 is 1. The summed E-state index contributed by atoms with van der Waals surface area (Å²) in [5, 5.41) is 3.61. The first-order chi connectivity index (χ1) is 9.61. The van der Waals surface area contributed by atoms with Gasteiger partial charge in [-0.3, -0.25) is 4.40 Å². The molecule has 0 amide bonds. The third-order valence-corrected chi connectivity index (χ3v) is 3.74. The van der Waals surface area contributed by atoms with Gasteiger partial charge in [0.05, 0.1) is 5.02 Å². The molecule has 0 saturated carbocycles. The topological polar surface area (TPSA) is 46.7 Å². The third kappa shape index (κ3) is 1.89. The van der Waals surface area contributed by atoms with Crippen molar-refractivity contribution in [2.75, 3.05) is 0 Å². The molecule has 2 heterocycles. The zero-order valence-electron chi connectivity index (χ0n) is 11.1. The van der Waals surface area contributed by atoms with Gasteiger partial charge in [0.1, 0.15) is 5.69 Å². The van der Waals surface area contributed by atoms with Gasteiger partial charge in [0.2, 0.25) is 5.82 Å². The van der Waals surface area contributed by atoms with E-state index in [9.17, 15) is 4.91 Å². The van der Waals surface area contributed by atoms with Crippen molar-refractivity contribution in [1.29, 1.82) is 0 Å². The van der Waals surface area contributed by atoms with Gasteiger partial charge < -0.3 is 0 Å².